The van der Waals surface area contributed by atoms with Gasteiger partial charge in [-0.2, -0.15) is 0 Å². The van der Waals surface area contributed by atoms with E-state index in [1.54, 1.807) is 13.2 Å². The van der Waals surface area contributed by atoms with E-state index >= 15 is 0 Å². The van der Waals surface area contributed by atoms with Crippen molar-refractivity contribution in [2.75, 3.05) is 0 Å². The zero-order valence-electron chi connectivity index (χ0n) is 18.8. The number of aromatic amines is 1. The maximum Gasteiger partial charge on any atom is 0.274 e. The van der Waals surface area contributed by atoms with Gasteiger partial charge in [0.25, 0.3) is 5.56 Å². The number of nitrogens with one attached hydrogen (secondary N) is 1. The van der Waals surface area contributed by atoms with Gasteiger partial charge in [0.1, 0.15) is 28.6 Å². The molecule has 0 amide bonds. The molecule has 0 saturated heterocycles. The number of halogens is 1. The monoisotopic (exact) mass is 444 g/mol. The second-order valence-corrected chi connectivity index (χ2v) is 8.70. The smallest absolute Gasteiger partial charge is 0.274 e. The normalized spacial score (nSPS) is 13.3. The molecule has 1 fully saturated rings. The molecule has 1 saturated carbocycles. The molecule has 0 atom stereocenters. The minimum Gasteiger partial charge on any atom is -0.506 e. The lowest BCUT2D eigenvalue weighted by atomic mass is 9.90. The summed E-state index contributed by atoms with van der Waals surface area (Å²) in [6.07, 6.45) is 4.60. The second kappa shape index (κ2) is 7.96. The van der Waals surface area contributed by atoms with Crippen LogP contribution in [0.15, 0.2) is 59.0 Å². The highest BCUT2D eigenvalue weighted by Gasteiger charge is 2.21. The third-order valence-electron chi connectivity index (χ3n) is 6.33. The minimum absolute atomic E-state index is 0.171. The van der Waals surface area contributed by atoms with Gasteiger partial charge < -0.3 is 19.4 Å². The van der Waals surface area contributed by atoms with Gasteiger partial charge in [-0.15, -0.1) is 0 Å². The third kappa shape index (κ3) is 3.61. The molecular formula is C27H25FN2O3. The first-order valence-electron chi connectivity index (χ1n) is 11.0. The number of pyridine rings is 1. The van der Waals surface area contributed by atoms with E-state index in [0.29, 0.717) is 39.2 Å². The van der Waals surface area contributed by atoms with Gasteiger partial charge in [0, 0.05) is 29.8 Å². The first-order chi connectivity index (χ1) is 15.8. The van der Waals surface area contributed by atoms with Gasteiger partial charge in [-0.05, 0) is 74.1 Å². The van der Waals surface area contributed by atoms with Crippen molar-refractivity contribution in [3.05, 3.63) is 87.2 Å². The van der Waals surface area contributed by atoms with E-state index in [-0.39, 0.29) is 17.1 Å². The third-order valence-corrected chi connectivity index (χ3v) is 6.33. The molecule has 2 aromatic carbocycles. The highest BCUT2D eigenvalue weighted by molar-refractivity contribution is 5.97. The average Bonchev–Trinajstić information content (AvgIpc) is 3.18. The van der Waals surface area contributed by atoms with Crippen LogP contribution in [0.4, 0.5) is 4.39 Å². The first-order valence-corrected chi connectivity index (χ1v) is 11.0. The lowest BCUT2D eigenvalue weighted by molar-refractivity contribution is 0.474. The standard InChI is InChI=1S/C27H25FN2O3/c1-15-11-18(28)12-16(2)26(15)33-23-10-5-4-9-19(23)21-14-30(3)27(32)24-20(21)13-22(29-24)25(31)17-7-6-8-17/h4-5,9-14,29,31H,6-8H2,1-3H3. The molecule has 0 radical (unpaired) electrons. The molecule has 2 aromatic heterocycles. The Hall–Kier alpha value is -3.80. The van der Waals surface area contributed by atoms with Crippen LogP contribution in [-0.4, -0.2) is 14.7 Å². The van der Waals surface area contributed by atoms with Crippen molar-refractivity contribution >= 4 is 16.7 Å². The van der Waals surface area contributed by atoms with Crippen LogP contribution in [0.2, 0.25) is 0 Å². The Kier molecular flexibility index (Phi) is 5.08. The van der Waals surface area contributed by atoms with E-state index in [9.17, 15) is 14.3 Å². The van der Waals surface area contributed by atoms with E-state index in [2.05, 4.69) is 4.98 Å². The van der Waals surface area contributed by atoms with Gasteiger partial charge in [0.2, 0.25) is 0 Å². The Morgan fingerprint density at radius 2 is 1.79 bits per heavy atom. The number of ether oxygens (including phenoxy) is 1. The Bertz CT molecular complexity index is 1460. The number of rotatable bonds is 4. The molecule has 168 valence electrons. The molecule has 5 rings (SSSR count). The van der Waals surface area contributed by atoms with Gasteiger partial charge in [-0.1, -0.05) is 18.2 Å². The zero-order chi connectivity index (χ0) is 23.3. The minimum atomic E-state index is -0.300. The number of aliphatic hydroxyl groups excluding tert-OH is 1. The summed E-state index contributed by atoms with van der Waals surface area (Å²) in [4.78, 5) is 16.0. The van der Waals surface area contributed by atoms with Crippen molar-refractivity contribution in [1.29, 1.82) is 0 Å². The van der Waals surface area contributed by atoms with E-state index in [1.807, 2.05) is 44.2 Å². The largest absolute Gasteiger partial charge is 0.506 e. The quantitative estimate of drug-likeness (QED) is 0.352. The van der Waals surface area contributed by atoms with Crippen molar-refractivity contribution in [3.8, 4) is 22.6 Å². The Morgan fingerprint density at radius 1 is 1.09 bits per heavy atom. The van der Waals surface area contributed by atoms with E-state index in [4.69, 9.17) is 4.74 Å². The van der Waals surface area contributed by atoms with Crippen LogP contribution in [0.3, 0.4) is 0 Å². The number of hydrogen-bond donors (Lipinski definition) is 2. The molecule has 0 aliphatic heterocycles. The number of H-pyrrole nitrogens is 1. The molecule has 0 bridgehead atoms. The van der Waals surface area contributed by atoms with Crippen LogP contribution in [-0.2, 0) is 7.05 Å². The number of hydrogen-bond acceptors (Lipinski definition) is 3. The summed E-state index contributed by atoms with van der Waals surface area (Å²) in [7, 11) is 1.70. The summed E-state index contributed by atoms with van der Waals surface area (Å²) in [5.74, 6) is 1.13. The number of fused-ring (bicyclic) bond motifs is 1. The van der Waals surface area contributed by atoms with E-state index < -0.39 is 0 Å². The maximum absolute atomic E-state index is 13.8. The summed E-state index contributed by atoms with van der Waals surface area (Å²) >= 11 is 0. The van der Waals surface area contributed by atoms with Crippen LogP contribution in [0.25, 0.3) is 27.8 Å². The summed E-state index contributed by atoms with van der Waals surface area (Å²) in [6.45, 7) is 3.63. The van der Waals surface area contributed by atoms with Crippen LogP contribution < -0.4 is 10.3 Å². The SMILES string of the molecule is Cc1cc(F)cc(C)c1Oc1ccccc1-c1cn(C)c(=O)c2[nH]c(C(O)=C3CCC3)cc12. The van der Waals surface area contributed by atoms with E-state index in [0.717, 1.165) is 36.0 Å². The highest BCUT2D eigenvalue weighted by atomic mass is 19.1. The summed E-state index contributed by atoms with van der Waals surface area (Å²) < 4.78 is 21.6. The van der Waals surface area contributed by atoms with Crippen LogP contribution in [0, 0.1) is 19.7 Å². The topological polar surface area (TPSA) is 67.2 Å². The predicted molar refractivity (Wildman–Crippen MR) is 128 cm³/mol. The van der Waals surface area contributed by atoms with Crippen molar-refractivity contribution < 1.29 is 14.2 Å². The zero-order valence-corrected chi connectivity index (χ0v) is 18.8. The number of para-hydroxylation sites is 1. The summed E-state index contributed by atoms with van der Waals surface area (Å²) in [5, 5.41) is 11.4. The number of nitrogens with zero attached hydrogens (tertiary/aromatic N) is 1. The number of aryl methyl sites for hydroxylation is 3. The predicted octanol–water partition coefficient (Wildman–Crippen LogP) is 6.53. The number of aromatic nitrogens is 2. The molecule has 0 spiro atoms. The Balaban J connectivity index is 1.69. The van der Waals surface area contributed by atoms with Gasteiger partial charge >= 0.3 is 0 Å². The molecule has 2 heterocycles. The van der Waals surface area contributed by atoms with Gasteiger partial charge in [0.05, 0.1) is 5.69 Å². The fourth-order valence-corrected chi connectivity index (χ4v) is 4.40. The molecule has 6 heteroatoms. The first kappa shape index (κ1) is 21.1. The summed E-state index contributed by atoms with van der Waals surface area (Å²) in [5.41, 5.74) is 4.81. The molecule has 5 nitrogen and oxygen atoms in total. The Morgan fingerprint density at radius 3 is 2.45 bits per heavy atom. The Labute approximate surface area is 190 Å². The van der Waals surface area contributed by atoms with Gasteiger partial charge in [0.15, 0.2) is 0 Å². The number of aliphatic hydroxyl groups is 1. The lowest BCUT2D eigenvalue weighted by Crippen LogP contribution is -2.16. The summed E-state index contributed by atoms with van der Waals surface area (Å²) in [6, 6.07) is 12.3. The molecule has 0 unspecified atom stereocenters. The van der Waals surface area contributed by atoms with Crippen LogP contribution in [0.5, 0.6) is 11.5 Å². The fraction of sp³-hybridized carbons (Fsp3) is 0.222. The highest BCUT2D eigenvalue weighted by Crippen LogP contribution is 2.39. The molecule has 1 aliphatic carbocycles. The second-order valence-electron chi connectivity index (χ2n) is 8.70. The molecule has 1 aliphatic rings. The fourth-order valence-electron chi connectivity index (χ4n) is 4.40. The van der Waals surface area contributed by atoms with Crippen molar-refractivity contribution in [3.63, 3.8) is 0 Å². The molecule has 2 N–H and O–H groups in total. The lowest BCUT2D eigenvalue weighted by Gasteiger charge is -2.17. The molecule has 4 aromatic rings. The van der Waals surface area contributed by atoms with Crippen molar-refractivity contribution in [2.45, 2.75) is 33.1 Å². The number of allylic oxidation sites excluding steroid dienone is 1. The van der Waals surface area contributed by atoms with Gasteiger partial charge in [-0.3, -0.25) is 4.79 Å². The van der Waals surface area contributed by atoms with Crippen molar-refractivity contribution in [2.24, 2.45) is 7.05 Å². The van der Waals surface area contributed by atoms with Gasteiger partial charge in [-0.25, -0.2) is 4.39 Å². The maximum atomic E-state index is 13.8. The van der Waals surface area contributed by atoms with Crippen LogP contribution in [0.1, 0.15) is 36.1 Å². The molecular weight excluding hydrogens is 419 g/mol. The van der Waals surface area contributed by atoms with Crippen molar-refractivity contribution in [1.82, 2.24) is 9.55 Å². The van der Waals surface area contributed by atoms with E-state index in [1.165, 1.54) is 16.7 Å². The number of benzene rings is 2. The average molecular weight is 445 g/mol. The molecule has 33 heavy (non-hydrogen) atoms. The van der Waals surface area contributed by atoms with Crippen LogP contribution >= 0.6 is 0 Å².